The van der Waals surface area contributed by atoms with E-state index in [4.69, 9.17) is 10.1 Å². The quantitative estimate of drug-likeness (QED) is 0.452. The fourth-order valence-corrected chi connectivity index (χ4v) is 7.45. The van der Waals surface area contributed by atoms with Gasteiger partial charge in [0.1, 0.15) is 0 Å². The van der Waals surface area contributed by atoms with Gasteiger partial charge in [0.05, 0.1) is 22.3 Å². The summed E-state index contributed by atoms with van der Waals surface area (Å²) in [6.45, 7) is 0. The van der Waals surface area contributed by atoms with Crippen LogP contribution in [0.15, 0.2) is 36.4 Å². The Hall–Kier alpha value is -2.37. The molecule has 5 saturated carbocycles. The highest BCUT2D eigenvalue weighted by atomic mass is 19.4. The molecule has 0 N–H and O–H groups in total. The summed E-state index contributed by atoms with van der Waals surface area (Å²) in [6.07, 6.45) is 4.09. The summed E-state index contributed by atoms with van der Waals surface area (Å²) in [5.41, 5.74) is 1.66. The van der Waals surface area contributed by atoms with Crippen molar-refractivity contribution < 1.29 is 13.2 Å². The number of halogens is 3. The zero-order valence-electron chi connectivity index (χ0n) is 17.9. The number of hydrogen-bond acceptors (Lipinski definition) is 2. The van der Waals surface area contributed by atoms with E-state index in [-0.39, 0.29) is 16.7 Å². The molecule has 3 aromatic rings. The molecule has 5 fully saturated rings. The van der Waals surface area contributed by atoms with Gasteiger partial charge < -0.3 is 0 Å². The van der Waals surface area contributed by atoms with Gasteiger partial charge >= 0.3 is 6.18 Å². The monoisotopic (exact) mass is 437 g/mol. The Balaban J connectivity index is 1.50. The first-order valence-electron chi connectivity index (χ1n) is 12.0. The second-order valence-corrected chi connectivity index (χ2v) is 10.9. The number of para-hydroxylation sites is 1. The van der Waals surface area contributed by atoms with Crippen LogP contribution in [0.3, 0.4) is 0 Å². The van der Waals surface area contributed by atoms with Crippen LogP contribution < -0.4 is 0 Å². The van der Waals surface area contributed by atoms with Crippen molar-refractivity contribution in [1.82, 2.24) is 14.8 Å². The van der Waals surface area contributed by atoms with Gasteiger partial charge in [0.15, 0.2) is 5.65 Å². The van der Waals surface area contributed by atoms with Crippen molar-refractivity contribution in [3.63, 3.8) is 0 Å². The number of rotatable bonds is 3. The van der Waals surface area contributed by atoms with E-state index in [2.05, 4.69) is 0 Å². The number of nitrogens with zero attached hydrogens (tertiary/aromatic N) is 3. The normalized spacial score (nSPS) is 31.5. The molecule has 0 radical (unpaired) electrons. The lowest BCUT2D eigenvalue weighted by atomic mass is 9.48. The maximum absolute atomic E-state index is 14.5. The summed E-state index contributed by atoms with van der Waals surface area (Å²) in [7, 11) is 0. The number of aromatic nitrogens is 3. The minimum atomic E-state index is -4.42. The van der Waals surface area contributed by atoms with Gasteiger partial charge in [-0.2, -0.15) is 18.3 Å². The van der Waals surface area contributed by atoms with E-state index in [0.29, 0.717) is 34.8 Å². The Kier molecular flexibility index (Phi) is 3.80. The minimum absolute atomic E-state index is 0.107. The molecule has 0 unspecified atom stereocenters. The van der Waals surface area contributed by atoms with Crippen molar-refractivity contribution in [3.8, 4) is 5.69 Å². The first-order chi connectivity index (χ1) is 15.4. The van der Waals surface area contributed by atoms with Gasteiger partial charge in [0, 0.05) is 17.0 Å². The SMILES string of the molecule is FC(F)(F)c1cc(C23CC4CC(CC(C4)C2)C3)nc2c1c(C1CC1)nn2-c1ccccc1. The predicted octanol–water partition coefficient (Wildman–Crippen LogP) is 6.78. The molecule has 5 aliphatic rings. The van der Waals surface area contributed by atoms with Crippen LogP contribution in [0.2, 0.25) is 0 Å². The Bertz CT molecular complexity index is 1170. The summed E-state index contributed by atoms with van der Waals surface area (Å²) in [4.78, 5) is 5.05. The van der Waals surface area contributed by atoms with Crippen LogP contribution in [0.5, 0.6) is 0 Å². The van der Waals surface area contributed by atoms with Gasteiger partial charge in [0.2, 0.25) is 0 Å². The number of hydrogen-bond donors (Lipinski definition) is 0. The van der Waals surface area contributed by atoms with Crippen LogP contribution in [0.25, 0.3) is 16.7 Å². The van der Waals surface area contributed by atoms with Crippen LogP contribution in [-0.2, 0) is 11.6 Å². The second kappa shape index (κ2) is 6.36. The molecule has 6 heteroatoms. The molecule has 0 amide bonds. The van der Waals surface area contributed by atoms with E-state index in [1.54, 1.807) is 4.68 Å². The molecular formula is C26H26F3N3. The predicted molar refractivity (Wildman–Crippen MR) is 116 cm³/mol. The molecule has 0 spiro atoms. The van der Waals surface area contributed by atoms with Crippen molar-refractivity contribution in [2.24, 2.45) is 17.8 Å². The van der Waals surface area contributed by atoms with E-state index in [1.807, 2.05) is 30.3 Å². The number of alkyl halides is 3. The van der Waals surface area contributed by atoms with Gasteiger partial charge in [-0.1, -0.05) is 18.2 Å². The Morgan fingerprint density at radius 1 is 0.906 bits per heavy atom. The molecule has 3 nitrogen and oxygen atoms in total. The molecule has 1 aromatic carbocycles. The van der Waals surface area contributed by atoms with Crippen LogP contribution in [0.4, 0.5) is 13.2 Å². The molecule has 166 valence electrons. The second-order valence-electron chi connectivity index (χ2n) is 10.9. The van der Waals surface area contributed by atoms with Crippen molar-refractivity contribution in [2.45, 2.75) is 68.9 Å². The highest BCUT2D eigenvalue weighted by Gasteiger charge is 2.53. The summed E-state index contributed by atoms with van der Waals surface area (Å²) >= 11 is 0. The lowest BCUT2D eigenvalue weighted by Crippen LogP contribution is -2.49. The summed E-state index contributed by atoms with van der Waals surface area (Å²) in [5.74, 6) is 2.05. The Labute approximate surface area is 185 Å². The van der Waals surface area contributed by atoms with Gasteiger partial charge in [0.25, 0.3) is 0 Å². The molecule has 32 heavy (non-hydrogen) atoms. The topological polar surface area (TPSA) is 30.7 Å². The van der Waals surface area contributed by atoms with Crippen molar-refractivity contribution >= 4 is 11.0 Å². The first kappa shape index (κ1) is 19.1. The van der Waals surface area contributed by atoms with E-state index in [0.717, 1.165) is 37.8 Å². The van der Waals surface area contributed by atoms with Crippen LogP contribution in [0, 0.1) is 17.8 Å². The van der Waals surface area contributed by atoms with E-state index in [1.165, 1.54) is 25.3 Å². The molecule has 2 aromatic heterocycles. The maximum atomic E-state index is 14.5. The van der Waals surface area contributed by atoms with E-state index >= 15 is 0 Å². The molecule has 8 rings (SSSR count). The average Bonchev–Trinajstić information content (AvgIpc) is 3.52. The largest absolute Gasteiger partial charge is 0.417 e. The molecule has 0 saturated heterocycles. The molecule has 5 aliphatic carbocycles. The average molecular weight is 438 g/mol. The van der Waals surface area contributed by atoms with E-state index in [9.17, 15) is 13.2 Å². The molecule has 0 aliphatic heterocycles. The maximum Gasteiger partial charge on any atom is 0.417 e. The first-order valence-corrected chi connectivity index (χ1v) is 12.0. The summed E-state index contributed by atoms with van der Waals surface area (Å²) in [5, 5.41) is 4.96. The molecule has 0 atom stereocenters. The van der Waals surface area contributed by atoms with E-state index < -0.39 is 11.7 Å². The van der Waals surface area contributed by atoms with Gasteiger partial charge in [-0.05, 0) is 87.3 Å². The Morgan fingerprint density at radius 3 is 2.09 bits per heavy atom. The minimum Gasteiger partial charge on any atom is -0.232 e. The third-order valence-electron chi connectivity index (χ3n) is 8.52. The van der Waals surface area contributed by atoms with Crippen molar-refractivity contribution in [2.75, 3.05) is 0 Å². The summed E-state index contributed by atoms with van der Waals surface area (Å²) in [6, 6.07) is 10.9. The standard InChI is InChI=1S/C26H26F3N3/c27-26(28,29)20-11-21(25-12-15-8-16(13-25)10-17(9-15)14-25)30-24-22(20)23(18-6-7-18)31-32(24)19-4-2-1-3-5-19/h1-5,11,15-18H,6-10,12-14H2. The fourth-order valence-electron chi connectivity index (χ4n) is 7.45. The van der Waals surface area contributed by atoms with Crippen LogP contribution >= 0.6 is 0 Å². The number of benzene rings is 1. The van der Waals surface area contributed by atoms with Crippen molar-refractivity contribution in [3.05, 3.63) is 53.3 Å². The van der Waals surface area contributed by atoms with Gasteiger partial charge in [-0.3, -0.25) is 0 Å². The van der Waals surface area contributed by atoms with Crippen molar-refractivity contribution in [1.29, 1.82) is 0 Å². The lowest BCUT2D eigenvalue weighted by Gasteiger charge is -2.56. The third kappa shape index (κ3) is 2.80. The van der Waals surface area contributed by atoms with Crippen LogP contribution in [-0.4, -0.2) is 14.8 Å². The third-order valence-corrected chi connectivity index (χ3v) is 8.52. The smallest absolute Gasteiger partial charge is 0.232 e. The molecule has 4 bridgehead atoms. The highest BCUT2D eigenvalue weighted by molar-refractivity contribution is 5.85. The van der Waals surface area contributed by atoms with Gasteiger partial charge in [-0.15, -0.1) is 0 Å². The lowest BCUT2D eigenvalue weighted by molar-refractivity contribution is -0.136. The molecule has 2 heterocycles. The zero-order valence-corrected chi connectivity index (χ0v) is 17.9. The molecular weight excluding hydrogens is 411 g/mol. The summed E-state index contributed by atoms with van der Waals surface area (Å²) < 4.78 is 45.1. The fraction of sp³-hybridized carbons (Fsp3) is 0.538. The highest BCUT2D eigenvalue weighted by Crippen LogP contribution is 2.61. The van der Waals surface area contributed by atoms with Crippen LogP contribution in [0.1, 0.15) is 74.2 Å². The number of fused-ring (bicyclic) bond motifs is 1. The zero-order chi connectivity index (χ0) is 21.7. The number of pyridine rings is 1. The Morgan fingerprint density at radius 2 is 1.53 bits per heavy atom. The van der Waals surface area contributed by atoms with Gasteiger partial charge in [-0.25, -0.2) is 9.67 Å².